The van der Waals surface area contributed by atoms with E-state index in [1.165, 1.54) is 16.8 Å². The van der Waals surface area contributed by atoms with E-state index in [1.54, 1.807) is 0 Å². The summed E-state index contributed by atoms with van der Waals surface area (Å²) < 4.78 is 0. The summed E-state index contributed by atoms with van der Waals surface area (Å²) in [5, 5.41) is 0. The molecule has 2 nitrogen and oxygen atoms in total. The van der Waals surface area contributed by atoms with Gasteiger partial charge < -0.3 is 9.80 Å². The first kappa shape index (κ1) is 20.4. The Morgan fingerprint density at radius 1 is 0.500 bits per heavy atom. The van der Waals surface area contributed by atoms with Gasteiger partial charge in [-0.15, -0.1) is 0 Å². The Hall–Kier alpha value is -3.52. The summed E-state index contributed by atoms with van der Waals surface area (Å²) in [5.74, 6) is 0. The quantitative estimate of drug-likeness (QED) is 0.330. The maximum Gasteiger partial charge on any atom is 0.0610 e. The van der Waals surface area contributed by atoms with Gasteiger partial charge >= 0.3 is 0 Å². The van der Waals surface area contributed by atoms with Gasteiger partial charge in [-0.25, -0.2) is 0 Å². The highest BCUT2D eigenvalue weighted by atomic mass is 15.3. The molecule has 32 heavy (non-hydrogen) atoms. The Balaban J connectivity index is 1.65. The summed E-state index contributed by atoms with van der Waals surface area (Å²) in [6.45, 7) is 9.33. The largest absolute Gasteiger partial charge is 0.353 e. The molecule has 0 spiro atoms. The molecule has 4 aromatic carbocycles. The minimum absolute atomic E-state index is 0.108. The van der Waals surface area contributed by atoms with Crippen molar-refractivity contribution in [2.75, 3.05) is 9.80 Å². The van der Waals surface area contributed by atoms with Crippen molar-refractivity contribution in [3.8, 4) is 0 Å². The first-order valence-corrected chi connectivity index (χ1v) is 11.3. The second-order valence-electron chi connectivity index (χ2n) is 9.53. The van der Waals surface area contributed by atoms with Gasteiger partial charge in [0.05, 0.1) is 11.1 Å². The lowest BCUT2D eigenvalue weighted by Crippen LogP contribution is -2.45. The molecule has 0 amide bonds. The number of fused-ring (bicyclic) bond motifs is 1. The molecular formula is C30H30N2. The first-order chi connectivity index (χ1) is 15.4. The number of para-hydroxylation sites is 2. The topological polar surface area (TPSA) is 6.48 Å². The van der Waals surface area contributed by atoms with Gasteiger partial charge in [0.2, 0.25) is 0 Å². The van der Waals surface area contributed by atoms with Crippen LogP contribution in [0, 0.1) is 0 Å². The average Bonchev–Trinajstić information content (AvgIpc) is 2.97. The highest BCUT2D eigenvalue weighted by Gasteiger charge is 2.48. The van der Waals surface area contributed by atoms with Gasteiger partial charge in [0.15, 0.2) is 0 Å². The molecule has 0 bridgehead atoms. The molecule has 160 valence electrons. The summed E-state index contributed by atoms with van der Waals surface area (Å²) in [6.07, 6.45) is 0. The molecule has 2 heteroatoms. The van der Waals surface area contributed by atoms with Gasteiger partial charge in [0.25, 0.3) is 0 Å². The van der Waals surface area contributed by atoms with Crippen molar-refractivity contribution in [3.63, 3.8) is 0 Å². The lowest BCUT2D eigenvalue weighted by atomic mass is 9.91. The van der Waals surface area contributed by atoms with Crippen LogP contribution in [-0.2, 0) is 11.1 Å². The molecule has 1 aliphatic heterocycles. The summed E-state index contributed by atoms with van der Waals surface area (Å²) in [7, 11) is 0. The van der Waals surface area contributed by atoms with E-state index < -0.39 is 0 Å². The van der Waals surface area contributed by atoms with E-state index in [0.29, 0.717) is 0 Å². The first-order valence-electron chi connectivity index (χ1n) is 11.3. The monoisotopic (exact) mass is 418 g/mol. The average molecular weight is 419 g/mol. The highest BCUT2D eigenvalue weighted by molar-refractivity contribution is 5.79. The smallest absolute Gasteiger partial charge is 0.0610 e. The lowest BCUT2D eigenvalue weighted by Gasteiger charge is -2.43. The molecule has 0 radical (unpaired) electrons. The van der Waals surface area contributed by atoms with Crippen LogP contribution in [0.4, 0.5) is 22.7 Å². The fraction of sp³-hybridized carbons (Fsp3) is 0.200. The number of anilines is 4. The third kappa shape index (κ3) is 3.18. The van der Waals surface area contributed by atoms with Crippen molar-refractivity contribution < 1.29 is 0 Å². The lowest BCUT2D eigenvalue weighted by molar-refractivity contribution is 0.403. The van der Waals surface area contributed by atoms with Crippen molar-refractivity contribution in [2.24, 2.45) is 0 Å². The summed E-state index contributed by atoms with van der Waals surface area (Å²) in [4.78, 5) is 4.90. The van der Waals surface area contributed by atoms with Crippen molar-refractivity contribution >= 4 is 22.7 Å². The molecule has 0 saturated heterocycles. The third-order valence-corrected chi connectivity index (χ3v) is 6.74. The van der Waals surface area contributed by atoms with Crippen LogP contribution in [0.5, 0.6) is 0 Å². The second-order valence-corrected chi connectivity index (χ2v) is 9.53. The van der Waals surface area contributed by atoms with Gasteiger partial charge in [0.1, 0.15) is 0 Å². The van der Waals surface area contributed by atoms with Crippen LogP contribution in [0.25, 0.3) is 0 Å². The normalized spacial score (nSPS) is 15.9. The molecule has 5 rings (SSSR count). The predicted octanol–water partition coefficient (Wildman–Crippen LogP) is 8.15. The molecule has 4 aromatic rings. The van der Waals surface area contributed by atoms with Crippen LogP contribution in [0.1, 0.15) is 38.8 Å². The van der Waals surface area contributed by atoms with Gasteiger partial charge in [-0.05, 0) is 81.3 Å². The van der Waals surface area contributed by atoms with Gasteiger partial charge in [-0.3, -0.25) is 0 Å². The van der Waals surface area contributed by atoms with Crippen molar-refractivity contribution in [3.05, 3.63) is 120 Å². The molecule has 0 unspecified atom stereocenters. The molecule has 0 aliphatic carbocycles. The van der Waals surface area contributed by atoms with E-state index in [2.05, 4.69) is 147 Å². The van der Waals surface area contributed by atoms with Crippen LogP contribution < -0.4 is 9.80 Å². The van der Waals surface area contributed by atoms with E-state index >= 15 is 0 Å². The minimum Gasteiger partial charge on any atom is -0.353 e. The van der Waals surface area contributed by atoms with Crippen LogP contribution in [-0.4, -0.2) is 0 Å². The predicted molar refractivity (Wildman–Crippen MR) is 136 cm³/mol. The fourth-order valence-electron chi connectivity index (χ4n) is 5.51. The van der Waals surface area contributed by atoms with Gasteiger partial charge in [-0.2, -0.15) is 0 Å². The number of benzene rings is 4. The SMILES string of the molecule is CC1(C)c2ccccc2C(C)(C)N1c1cccc(N(c2ccccc2)c2ccccc2)c1. The van der Waals surface area contributed by atoms with Crippen LogP contribution in [0.2, 0.25) is 0 Å². The van der Waals surface area contributed by atoms with Crippen LogP contribution in [0.3, 0.4) is 0 Å². The Morgan fingerprint density at radius 2 is 0.938 bits per heavy atom. The molecule has 0 aromatic heterocycles. The van der Waals surface area contributed by atoms with E-state index in [0.717, 1.165) is 17.1 Å². The van der Waals surface area contributed by atoms with E-state index in [4.69, 9.17) is 0 Å². The summed E-state index contributed by atoms with van der Waals surface area (Å²) >= 11 is 0. The number of hydrogen-bond acceptors (Lipinski definition) is 2. The van der Waals surface area contributed by atoms with E-state index in [1.807, 2.05) is 0 Å². The molecule has 0 fully saturated rings. The minimum atomic E-state index is -0.108. The van der Waals surface area contributed by atoms with Gasteiger partial charge in [0, 0.05) is 22.7 Å². The number of rotatable bonds is 4. The van der Waals surface area contributed by atoms with Gasteiger partial charge in [-0.1, -0.05) is 66.7 Å². The summed E-state index contributed by atoms with van der Waals surface area (Å²) in [6, 6.07) is 39.0. The summed E-state index contributed by atoms with van der Waals surface area (Å²) in [5.41, 5.74) is 7.27. The maximum atomic E-state index is 2.57. The maximum absolute atomic E-state index is 2.57. The molecule has 0 saturated carbocycles. The number of nitrogens with zero attached hydrogens (tertiary/aromatic N) is 2. The van der Waals surface area contributed by atoms with Crippen molar-refractivity contribution in [1.29, 1.82) is 0 Å². The Kier molecular flexibility index (Phi) is 4.82. The zero-order chi connectivity index (χ0) is 22.3. The molecule has 0 atom stereocenters. The molecule has 1 heterocycles. The third-order valence-electron chi connectivity index (χ3n) is 6.74. The fourth-order valence-corrected chi connectivity index (χ4v) is 5.51. The Morgan fingerprint density at radius 3 is 1.44 bits per heavy atom. The second kappa shape index (κ2) is 7.56. The zero-order valence-corrected chi connectivity index (χ0v) is 19.3. The van der Waals surface area contributed by atoms with Crippen LogP contribution >= 0.6 is 0 Å². The Labute approximate surface area is 191 Å². The van der Waals surface area contributed by atoms with Crippen molar-refractivity contribution in [1.82, 2.24) is 0 Å². The molecule has 0 N–H and O–H groups in total. The van der Waals surface area contributed by atoms with E-state index in [9.17, 15) is 0 Å². The molecular weight excluding hydrogens is 388 g/mol. The molecule has 1 aliphatic rings. The Bertz CT molecular complexity index is 1150. The standard InChI is InChI=1S/C30H30N2/c1-29(2)27-20-11-12-21-28(27)30(3,4)32(29)26-19-13-18-25(22-26)31(23-14-7-5-8-15-23)24-16-9-6-10-17-24/h5-22H,1-4H3. The van der Waals surface area contributed by atoms with Crippen molar-refractivity contribution in [2.45, 2.75) is 38.8 Å². The number of hydrogen-bond donors (Lipinski definition) is 0. The zero-order valence-electron chi connectivity index (χ0n) is 19.3. The van der Waals surface area contributed by atoms with Crippen LogP contribution in [0.15, 0.2) is 109 Å². The van der Waals surface area contributed by atoms with E-state index in [-0.39, 0.29) is 11.1 Å². The highest BCUT2D eigenvalue weighted by Crippen LogP contribution is 2.52.